The molecule has 2 fully saturated rings. The van der Waals surface area contributed by atoms with Gasteiger partial charge in [0.1, 0.15) is 0 Å². The Labute approximate surface area is 128 Å². The molecule has 0 amide bonds. The van der Waals surface area contributed by atoms with Crippen LogP contribution in [0.5, 0.6) is 0 Å². The molecule has 0 aromatic rings. The van der Waals surface area contributed by atoms with Crippen LogP contribution in [0.15, 0.2) is 0 Å². The fraction of sp³-hybridized carbons (Fsp3) is 1.00. The first-order valence-corrected chi connectivity index (χ1v) is 9.24. The fourth-order valence-electron chi connectivity index (χ4n) is 5.70. The first-order valence-electron chi connectivity index (χ1n) is 9.24. The molecular formula is C20H38. The Bertz CT molecular complexity index is 312. The van der Waals surface area contributed by atoms with Gasteiger partial charge in [-0.05, 0) is 53.8 Å². The maximum Gasteiger partial charge on any atom is -0.0303 e. The summed E-state index contributed by atoms with van der Waals surface area (Å²) in [6, 6.07) is 0. The van der Waals surface area contributed by atoms with Crippen LogP contribution in [0.25, 0.3) is 0 Å². The molecule has 0 heteroatoms. The third-order valence-corrected chi connectivity index (χ3v) is 6.86. The Morgan fingerprint density at radius 1 is 0.750 bits per heavy atom. The second-order valence-corrected chi connectivity index (χ2v) is 9.57. The van der Waals surface area contributed by atoms with Gasteiger partial charge in [0.15, 0.2) is 0 Å². The first kappa shape index (κ1) is 16.4. The fourth-order valence-corrected chi connectivity index (χ4v) is 5.70. The molecule has 0 heterocycles. The van der Waals surface area contributed by atoms with Crippen LogP contribution >= 0.6 is 0 Å². The van der Waals surface area contributed by atoms with Gasteiger partial charge in [0.25, 0.3) is 0 Å². The summed E-state index contributed by atoms with van der Waals surface area (Å²) in [5.74, 6) is 3.72. The molecule has 0 radical (unpaired) electrons. The molecule has 0 aromatic heterocycles. The third-order valence-electron chi connectivity index (χ3n) is 6.86. The minimum Gasteiger partial charge on any atom is -0.0625 e. The summed E-state index contributed by atoms with van der Waals surface area (Å²) in [5, 5.41) is 0. The van der Waals surface area contributed by atoms with Gasteiger partial charge in [0, 0.05) is 0 Å². The van der Waals surface area contributed by atoms with Crippen LogP contribution in [0.2, 0.25) is 0 Å². The van der Waals surface area contributed by atoms with Crippen LogP contribution in [0.3, 0.4) is 0 Å². The van der Waals surface area contributed by atoms with E-state index in [1.807, 2.05) is 0 Å². The predicted octanol–water partition coefficient (Wildman–Crippen LogP) is 6.69. The number of hydrogen-bond acceptors (Lipinski definition) is 0. The van der Waals surface area contributed by atoms with Gasteiger partial charge < -0.3 is 0 Å². The molecule has 0 nitrogen and oxygen atoms in total. The number of rotatable bonds is 1. The lowest BCUT2D eigenvalue weighted by atomic mass is 9.57. The van der Waals surface area contributed by atoms with Crippen LogP contribution < -0.4 is 0 Å². The zero-order valence-corrected chi connectivity index (χ0v) is 15.0. The molecule has 4 atom stereocenters. The van der Waals surface area contributed by atoms with Crippen molar-refractivity contribution in [1.29, 1.82) is 0 Å². The molecule has 2 rings (SSSR count). The average Bonchev–Trinajstić information content (AvgIpc) is 2.52. The molecule has 0 bridgehead atoms. The first-order chi connectivity index (χ1) is 9.24. The molecule has 0 aromatic carbocycles. The van der Waals surface area contributed by atoms with E-state index in [-0.39, 0.29) is 0 Å². The van der Waals surface area contributed by atoms with Crippen LogP contribution in [-0.2, 0) is 0 Å². The molecule has 0 aliphatic heterocycles. The van der Waals surface area contributed by atoms with Crippen molar-refractivity contribution in [3.63, 3.8) is 0 Å². The minimum atomic E-state index is 0.544. The largest absolute Gasteiger partial charge is 0.0625 e. The summed E-state index contributed by atoms with van der Waals surface area (Å²) in [6.07, 6.45) is 11.7. The lowest BCUT2D eigenvalue weighted by Gasteiger charge is -2.48. The molecule has 2 saturated carbocycles. The second kappa shape index (κ2) is 6.01. The van der Waals surface area contributed by atoms with Gasteiger partial charge in [0.2, 0.25) is 0 Å². The van der Waals surface area contributed by atoms with E-state index in [9.17, 15) is 0 Å². The Kier molecular flexibility index (Phi) is 4.92. The summed E-state index contributed by atoms with van der Waals surface area (Å²) in [5.41, 5.74) is 1.09. The van der Waals surface area contributed by atoms with Crippen LogP contribution in [0.4, 0.5) is 0 Å². The second-order valence-electron chi connectivity index (χ2n) is 9.57. The number of hydrogen-bond donors (Lipinski definition) is 0. The molecule has 4 unspecified atom stereocenters. The van der Waals surface area contributed by atoms with Gasteiger partial charge in [0.05, 0.1) is 0 Å². The molecular weight excluding hydrogens is 240 g/mol. The molecule has 20 heavy (non-hydrogen) atoms. The zero-order valence-electron chi connectivity index (χ0n) is 15.0. The Balaban J connectivity index is 2.32. The Morgan fingerprint density at radius 3 is 2.10 bits per heavy atom. The summed E-state index contributed by atoms with van der Waals surface area (Å²) >= 11 is 0. The maximum atomic E-state index is 2.57. The topological polar surface area (TPSA) is 0 Å². The highest BCUT2D eigenvalue weighted by Crippen LogP contribution is 2.55. The van der Waals surface area contributed by atoms with E-state index in [0.29, 0.717) is 10.8 Å². The lowest BCUT2D eigenvalue weighted by Crippen LogP contribution is -2.41. The quantitative estimate of drug-likeness (QED) is 0.469. The normalized spacial score (nSPS) is 41.7. The van der Waals surface area contributed by atoms with Crippen LogP contribution in [-0.4, -0.2) is 0 Å². The Hall–Kier alpha value is 0. The van der Waals surface area contributed by atoms with Crippen LogP contribution in [0.1, 0.15) is 92.9 Å². The van der Waals surface area contributed by atoms with Crippen molar-refractivity contribution in [2.75, 3.05) is 0 Å². The highest BCUT2D eigenvalue weighted by molar-refractivity contribution is 4.96. The van der Waals surface area contributed by atoms with Gasteiger partial charge in [-0.1, -0.05) is 73.6 Å². The van der Waals surface area contributed by atoms with Crippen molar-refractivity contribution in [2.45, 2.75) is 92.9 Å². The van der Waals surface area contributed by atoms with Crippen molar-refractivity contribution >= 4 is 0 Å². The van der Waals surface area contributed by atoms with E-state index in [1.165, 1.54) is 51.4 Å². The molecule has 118 valence electrons. The predicted molar refractivity (Wildman–Crippen MR) is 89.8 cm³/mol. The van der Waals surface area contributed by atoms with Gasteiger partial charge in [-0.25, -0.2) is 0 Å². The van der Waals surface area contributed by atoms with Crippen molar-refractivity contribution in [3.8, 4) is 0 Å². The van der Waals surface area contributed by atoms with Gasteiger partial charge >= 0.3 is 0 Å². The van der Waals surface area contributed by atoms with E-state index >= 15 is 0 Å². The summed E-state index contributed by atoms with van der Waals surface area (Å²) < 4.78 is 0. The zero-order chi connectivity index (χ0) is 15.0. The van der Waals surface area contributed by atoms with E-state index in [4.69, 9.17) is 0 Å². The van der Waals surface area contributed by atoms with Crippen molar-refractivity contribution in [1.82, 2.24) is 0 Å². The highest BCUT2D eigenvalue weighted by Gasteiger charge is 2.46. The average molecular weight is 279 g/mol. The van der Waals surface area contributed by atoms with Crippen molar-refractivity contribution in [3.05, 3.63) is 0 Å². The van der Waals surface area contributed by atoms with Gasteiger partial charge in [-0.3, -0.25) is 0 Å². The van der Waals surface area contributed by atoms with Gasteiger partial charge in [-0.2, -0.15) is 0 Å². The molecule has 0 saturated heterocycles. The smallest absolute Gasteiger partial charge is 0.0303 e. The molecule has 2 aliphatic carbocycles. The van der Waals surface area contributed by atoms with Crippen molar-refractivity contribution < 1.29 is 0 Å². The van der Waals surface area contributed by atoms with E-state index in [1.54, 1.807) is 0 Å². The van der Waals surface area contributed by atoms with E-state index in [2.05, 4.69) is 41.5 Å². The lowest BCUT2D eigenvalue weighted by molar-refractivity contribution is 0.00497. The van der Waals surface area contributed by atoms with E-state index < -0.39 is 0 Å². The Morgan fingerprint density at radius 2 is 1.40 bits per heavy atom. The summed E-state index contributed by atoms with van der Waals surface area (Å²) in [7, 11) is 0. The third kappa shape index (κ3) is 3.42. The standard InChI is InChI=1S/C20H38/c1-15-10-9-13-19(3,4)17(14-15)18-16(2)11-7-8-12-20(18,5)6/h15-18H,7-14H2,1-6H3. The summed E-state index contributed by atoms with van der Waals surface area (Å²) in [4.78, 5) is 0. The van der Waals surface area contributed by atoms with Gasteiger partial charge in [-0.15, -0.1) is 0 Å². The summed E-state index contributed by atoms with van der Waals surface area (Å²) in [6.45, 7) is 15.4. The SMILES string of the molecule is CC1CCCC(C)(C)C(C2C(C)CCCCC2(C)C)C1. The van der Waals surface area contributed by atoms with E-state index in [0.717, 1.165) is 23.7 Å². The monoisotopic (exact) mass is 278 g/mol. The van der Waals surface area contributed by atoms with Crippen molar-refractivity contribution in [2.24, 2.45) is 34.5 Å². The molecule has 0 spiro atoms. The maximum absolute atomic E-state index is 2.57. The van der Waals surface area contributed by atoms with Crippen LogP contribution in [0, 0.1) is 34.5 Å². The molecule has 0 N–H and O–H groups in total. The minimum absolute atomic E-state index is 0.544. The molecule has 2 aliphatic rings. The highest BCUT2D eigenvalue weighted by atomic mass is 14.5.